The molecule has 1 atom stereocenters. The van der Waals surface area contributed by atoms with E-state index < -0.39 is 11.7 Å². The van der Waals surface area contributed by atoms with Crippen LogP contribution in [0.25, 0.3) is 0 Å². The first-order valence-electron chi connectivity index (χ1n) is 5.45. The number of nitrogens with zero attached hydrogens (tertiary/aromatic N) is 1. The molecule has 0 unspecified atom stereocenters. The second-order valence-corrected chi connectivity index (χ2v) is 5.05. The van der Waals surface area contributed by atoms with Crippen LogP contribution in [0.5, 0.6) is 0 Å². The molecule has 0 aromatic carbocycles. The molecular formula is C12H19NO3. The molecule has 4 heteroatoms. The van der Waals surface area contributed by atoms with Gasteiger partial charge < -0.3 is 9.64 Å². The molecule has 0 aromatic heterocycles. The van der Waals surface area contributed by atoms with Crippen molar-refractivity contribution in [2.24, 2.45) is 5.92 Å². The van der Waals surface area contributed by atoms with E-state index in [1.54, 1.807) is 6.08 Å². The second-order valence-electron chi connectivity index (χ2n) is 5.05. The third kappa shape index (κ3) is 3.36. The lowest BCUT2D eigenvalue weighted by atomic mass is 10.0. The first-order chi connectivity index (χ1) is 7.33. The summed E-state index contributed by atoms with van der Waals surface area (Å²) >= 11 is 0. The van der Waals surface area contributed by atoms with Crippen LogP contribution in [0.15, 0.2) is 12.7 Å². The molecule has 0 bridgehead atoms. The van der Waals surface area contributed by atoms with E-state index in [0.29, 0.717) is 13.0 Å². The van der Waals surface area contributed by atoms with E-state index in [1.165, 1.54) is 4.90 Å². The monoisotopic (exact) mass is 225 g/mol. The van der Waals surface area contributed by atoms with Crippen molar-refractivity contribution in [3.8, 4) is 0 Å². The van der Waals surface area contributed by atoms with Crippen LogP contribution in [0.1, 0.15) is 27.2 Å². The molecule has 1 aliphatic rings. The summed E-state index contributed by atoms with van der Waals surface area (Å²) in [6.45, 7) is 9.63. The predicted molar refractivity (Wildman–Crippen MR) is 61.1 cm³/mol. The van der Waals surface area contributed by atoms with Gasteiger partial charge in [0.1, 0.15) is 5.60 Å². The molecule has 1 rings (SSSR count). The lowest BCUT2D eigenvalue weighted by Crippen LogP contribution is -2.35. The van der Waals surface area contributed by atoms with Gasteiger partial charge in [-0.05, 0) is 27.2 Å². The van der Waals surface area contributed by atoms with E-state index in [-0.39, 0.29) is 18.2 Å². The summed E-state index contributed by atoms with van der Waals surface area (Å²) in [7, 11) is 0. The quantitative estimate of drug-likeness (QED) is 0.675. The molecule has 0 saturated carbocycles. The highest BCUT2D eigenvalue weighted by atomic mass is 16.6. The molecule has 1 heterocycles. The highest BCUT2D eigenvalue weighted by Gasteiger charge is 2.34. The van der Waals surface area contributed by atoms with Crippen molar-refractivity contribution in [2.75, 3.05) is 13.1 Å². The number of ether oxygens (including phenoxy) is 1. The molecule has 1 saturated heterocycles. The third-order valence-electron chi connectivity index (χ3n) is 2.35. The van der Waals surface area contributed by atoms with Crippen LogP contribution in [0.4, 0.5) is 4.79 Å². The Morgan fingerprint density at radius 2 is 2.25 bits per heavy atom. The lowest BCUT2D eigenvalue weighted by Gasteiger charge is -2.23. The van der Waals surface area contributed by atoms with E-state index in [2.05, 4.69) is 6.58 Å². The molecule has 1 fully saturated rings. The second kappa shape index (κ2) is 4.68. The summed E-state index contributed by atoms with van der Waals surface area (Å²) in [4.78, 5) is 24.7. The van der Waals surface area contributed by atoms with Gasteiger partial charge in [0, 0.05) is 12.5 Å². The Balaban J connectivity index is 2.55. The Bertz CT molecular complexity index is 304. The van der Waals surface area contributed by atoms with Crippen molar-refractivity contribution in [2.45, 2.75) is 32.8 Å². The van der Waals surface area contributed by atoms with Gasteiger partial charge in [-0.15, -0.1) is 6.58 Å². The molecule has 0 aliphatic carbocycles. The highest BCUT2D eigenvalue weighted by Crippen LogP contribution is 2.19. The number of carbonyl (C=O) groups excluding carboxylic acids is 2. The number of carbonyl (C=O) groups is 2. The van der Waals surface area contributed by atoms with Gasteiger partial charge in [-0.3, -0.25) is 4.79 Å². The molecule has 4 nitrogen and oxygen atoms in total. The number of ketones is 1. The fourth-order valence-electron chi connectivity index (χ4n) is 1.62. The fourth-order valence-corrected chi connectivity index (χ4v) is 1.62. The van der Waals surface area contributed by atoms with Crippen molar-refractivity contribution in [3.05, 3.63) is 12.7 Å². The maximum Gasteiger partial charge on any atom is 0.410 e. The summed E-state index contributed by atoms with van der Waals surface area (Å²) in [5, 5.41) is 0. The van der Waals surface area contributed by atoms with Gasteiger partial charge in [-0.1, -0.05) is 6.08 Å². The largest absolute Gasteiger partial charge is 0.444 e. The van der Waals surface area contributed by atoms with Crippen molar-refractivity contribution in [1.29, 1.82) is 0 Å². The summed E-state index contributed by atoms with van der Waals surface area (Å²) < 4.78 is 5.21. The van der Waals surface area contributed by atoms with Crippen LogP contribution in [-0.4, -0.2) is 35.5 Å². The smallest absolute Gasteiger partial charge is 0.410 e. The minimum Gasteiger partial charge on any atom is -0.444 e. The average Bonchev–Trinajstić information content (AvgIpc) is 2.46. The average molecular weight is 225 g/mol. The van der Waals surface area contributed by atoms with Gasteiger partial charge in [-0.2, -0.15) is 0 Å². The van der Waals surface area contributed by atoms with Gasteiger partial charge in [0.05, 0.1) is 6.54 Å². The van der Waals surface area contributed by atoms with Crippen LogP contribution >= 0.6 is 0 Å². The minimum absolute atomic E-state index is 0.0887. The van der Waals surface area contributed by atoms with Gasteiger partial charge in [0.15, 0.2) is 5.78 Å². The fraction of sp³-hybridized carbons (Fsp3) is 0.667. The Kier molecular flexibility index (Phi) is 3.73. The predicted octanol–water partition coefficient (Wildman–Crippen LogP) is 2.00. The molecule has 1 aliphatic heterocycles. The van der Waals surface area contributed by atoms with Crippen molar-refractivity contribution < 1.29 is 14.3 Å². The number of rotatable bonds is 2. The lowest BCUT2D eigenvalue weighted by molar-refractivity contribution is -0.119. The van der Waals surface area contributed by atoms with Crippen LogP contribution in [-0.2, 0) is 9.53 Å². The zero-order valence-electron chi connectivity index (χ0n) is 10.2. The zero-order chi connectivity index (χ0) is 12.3. The maximum absolute atomic E-state index is 11.7. The van der Waals surface area contributed by atoms with Crippen LogP contribution in [0.2, 0.25) is 0 Å². The topological polar surface area (TPSA) is 46.6 Å². The maximum atomic E-state index is 11.7. The van der Waals surface area contributed by atoms with E-state index in [4.69, 9.17) is 4.74 Å². The Hall–Kier alpha value is -1.32. The molecule has 90 valence electrons. The zero-order valence-corrected chi connectivity index (χ0v) is 10.2. The number of amides is 1. The number of likely N-dealkylation sites (tertiary alicyclic amines) is 1. The number of Topliss-reactive ketones (excluding diaryl/α,β-unsaturated/α-hetero) is 1. The van der Waals surface area contributed by atoms with Crippen LogP contribution in [0, 0.1) is 5.92 Å². The first kappa shape index (κ1) is 12.7. The summed E-state index contributed by atoms with van der Waals surface area (Å²) in [6.07, 6.45) is 1.92. The summed E-state index contributed by atoms with van der Waals surface area (Å²) in [5.74, 6) is -0.0178. The number of allylic oxidation sites excluding steroid dienone is 1. The Morgan fingerprint density at radius 3 is 2.75 bits per heavy atom. The number of hydrogen-bond acceptors (Lipinski definition) is 3. The van der Waals surface area contributed by atoms with Crippen LogP contribution < -0.4 is 0 Å². The first-order valence-corrected chi connectivity index (χ1v) is 5.45. The van der Waals surface area contributed by atoms with E-state index in [0.717, 1.165) is 0 Å². The van der Waals surface area contributed by atoms with E-state index in [9.17, 15) is 9.59 Å². The molecule has 16 heavy (non-hydrogen) atoms. The Morgan fingerprint density at radius 1 is 1.62 bits per heavy atom. The van der Waals surface area contributed by atoms with Crippen LogP contribution in [0.3, 0.4) is 0 Å². The molecule has 1 amide bonds. The molecule has 0 N–H and O–H groups in total. The minimum atomic E-state index is -0.517. The van der Waals surface area contributed by atoms with Crippen molar-refractivity contribution in [1.82, 2.24) is 4.90 Å². The van der Waals surface area contributed by atoms with E-state index >= 15 is 0 Å². The standard InChI is InChI=1S/C12H19NO3/c1-5-6-9-7-13(8-10(9)14)11(15)16-12(2,3)4/h5,9H,1,6-8H2,2-4H3/t9-/m0/s1. The number of hydrogen-bond donors (Lipinski definition) is 0. The SMILES string of the molecule is C=CC[C@H]1CN(C(=O)OC(C)(C)C)CC1=O. The van der Waals surface area contributed by atoms with Gasteiger partial charge >= 0.3 is 6.09 Å². The summed E-state index contributed by atoms with van der Waals surface area (Å²) in [6, 6.07) is 0. The normalized spacial score (nSPS) is 21.1. The molecular weight excluding hydrogens is 206 g/mol. The molecule has 0 aromatic rings. The molecule has 0 radical (unpaired) electrons. The summed E-state index contributed by atoms with van der Waals surface area (Å²) in [5.41, 5.74) is -0.517. The van der Waals surface area contributed by atoms with Gasteiger partial charge in [0.2, 0.25) is 0 Å². The third-order valence-corrected chi connectivity index (χ3v) is 2.35. The van der Waals surface area contributed by atoms with E-state index in [1.807, 2.05) is 20.8 Å². The molecule has 0 spiro atoms. The Labute approximate surface area is 96.3 Å². The van der Waals surface area contributed by atoms with Crippen molar-refractivity contribution in [3.63, 3.8) is 0 Å². The highest BCUT2D eigenvalue weighted by molar-refractivity contribution is 5.89. The van der Waals surface area contributed by atoms with Gasteiger partial charge in [-0.25, -0.2) is 4.79 Å². The van der Waals surface area contributed by atoms with Crippen molar-refractivity contribution >= 4 is 11.9 Å². The van der Waals surface area contributed by atoms with Gasteiger partial charge in [0.25, 0.3) is 0 Å².